The van der Waals surface area contributed by atoms with E-state index in [-0.39, 0.29) is 23.6 Å². The maximum atomic E-state index is 13.8. The summed E-state index contributed by atoms with van der Waals surface area (Å²) in [5.74, 6) is 0.297. The average Bonchev–Trinajstić information content (AvgIpc) is 2.78. The number of methoxy groups -OCH3 is 1. The van der Waals surface area contributed by atoms with Gasteiger partial charge < -0.3 is 14.2 Å². The average molecular weight is 512 g/mol. The molecule has 1 aromatic carbocycles. The first kappa shape index (κ1) is 32.7. The highest BCUT2D eigenvalue weighted by Crippen LogP contribution is 2.53. The fraction of sp³-hybridized carbons (Fsp3) is 0.560. The number of benzene rings is 1. The third-order valence-corrected chi connectivity index (χ3v) is 4.82. The second-order valence-electron chi connectivity index (χ2n) is 7.22. The van der Waals surface area contributed by atoms with Crippen molar-refractivity contribution in [2.24, 2.45) is 4.99 Å². The van der Waals surface area contributed by atoms with E-state index in [0.717, 1.165) is 24.8 Å². The fourth-order valence-corrected chi connectivity index (χ4v) is 3.18. The summed E-state index contributed by atoms with van der Waals surface area (Å²) in [6.07, 6.45) is -8.76. The Bertz CT molecular complexity index is 859. The maximum Gasteiger partial charge on any atom is 0.430 e. The predicted molar refractivity (Wildman–Crippen MR) is 125 cm³/mol. The lowest BCUT2D eigenvalue weighted by molar-refractivity contribution is -0.400. The molecule has 0 saturated heterocycles. The van der Waals surface area contributed by atoms with Crippen LogP contribution < -0.4 is 4.74 Å². The second-order valence-corrected chi connectivity index (χ2v) is 7.22. The lowest BCUT2D eigenvalue weighted by Gasteiger charge is -2.37. The number of allylic oxidation sites excluding steroid dienone is 3. The number of halogens is 6. The van der Waals surface area contributed by atoms with Gasteiger partial charge in [-0.25, -0.2) is 4.99 Å². The van der Waals surface area contributed by atoms with Gasteiger partial charge in [-0.05, 0) is 43.0 Å². The molecule has 0 fully saturated rings. The van der Waals surface area contributed by atoms with E-state index in [1.54, 1.807) is 19.9 Å². The minimum Gasteiger partial charge on any atom is -0.443 e. The van der Waals surface area contributed by atoms with Crippen LogP contribution in [0.15, 0.2) is 47.1 Å². The quantitative estimate of drug-likeness (QED) is 0.104. The molecular weight excluding hydrogens is 476 g/mol. The summed E-state index contributed by atoms with van der Waals surface area (Å²) in [4.78, 5) is 4.35. The Labute approximate surface area is 203 Å². The first-order valence-corrected chi connectivity index (χ1v) is 11.2. The smallest absolute Gasteiger partial charge is 0.430 e. The summed E-state index contributed by atoms with van der Waals surface area (Å²) in [7, 11) is 0.937. The minimum atomic E-state index is -5.80. The lowest BCUT2D eigenvalue weighted by Crippen LogP contribution is -2.56. The van der Waals surface area contributed by atoms with Gasteiger partial charge in [0, 0.05) is 25.3 Å². The monoisotopic (exact) mass is 511 g/mol. The predicted octanol–water partition coefficient (Wildman–Crippen LogP) is 8.27. The van der Waals surface area contributed by atoms with E-state index < -0.39 is 30.3 Å². The van der Waals surface area contributed by atoms with Crippen LogP contribution in [0.25, 0.3) is 0 Å². The molecule has 0 unspecified atom stereocenters. The molecule has 0 atom stereocenters. The largest absolute Gasteiger partial charge is 0.443 e. The van der Waals surface area contributed by atoms with Gasteiger partial charge in [-0.3, -0.25) is 0 Å². The summed E-state index contributed by atoms with van der Waals surface area (Å²) >= 11 is 0. The Hall–Kier alpha value is -2.33. The normalized spacial score (nSPS) is 13.6. The van der Waals surface area contributed by atoms with E-state index in [9.17, 15) is 26.3 Å². The Morgan fingerprint density at radius 2 is 1.60 bits per heavy atom. The third-order valence-electron chi connectivity index (χ3n) is 4.82. The molecule has 0 heterocycles. The van der Waals surface area contributed by atoms with Crippen LogP contribution in [0.1, 0.15) is 65.5 Å². The molecule has 0 aromatic heterocycles. The number of hydrogen-bond acceptors (Lipinski definition) is 4. The zero-order valence-corrected chi connectivity index (χ0v) is 21.3. The minimum absolute atomic E-state index is 0.110. The van der Waals surface area contributed by atoms with E-state index >= 15 is 0 Å². The molecular formula is C25H35F6NO3. The van der Waals surface area contributed by atoms with Crippen LogP contribution in [-0.2, 0) is 21.5 Å². The van der Waals surface area contributed by atoms with Crippen LogP contribution >= 0.6 is 0 Å². The van der Waals surface area contributed by atoms with E-state index in [1.807, 2.05) is 27.7 Å². The number of alkyl halides is 6. The summed E-state index contributed by atoms with van der Waals surface area (Å²) in [5, 5.41) is 0. The van der Waals surface area contributed by atoms with Gasteiger partial charge >= 0.3 is 12.4 Å². The number of aryl methyl sites for hydroxylation is 1. The zero-order chi connectivity index (χ0) is 27.4. The van der Waals surface area contributed by atoms with Crippen molar-refractivity contribution >= 4 is 5.90 Å². The van der Waals surface area contributed by atoms with Gasteiger partial charge in [0.25, 0.3) is 5.60 Å². The molecule has 35 heavy (non-hydrogen) atoms. The van der Waals surface area contributed by atoms with Crippen molar-refractivity contribution < 1.29 is 40.6 Å². The zero-order valence-electron chi connectivity index (χ0n) is 21.3. The molecule has 1 rings (SSSR count). The molecule has 0 amide bonds. The van der Waals surface area contributed by atoms with Gasteiger partial charge in [0.05, 0.1) is 0 Å². The lowest BCUT2D eigenvalue weighted by atomic mass is 9.89. The van der Waals surface area contributed by atoms with Gasteiger partial charge in [-0.2, -0.15) is 26.3 Å². The van der Waals surface area contributed by atoms with Gasteiger partial charge in [-0.1, -0.05) is 52.8 Å². The summed E-state index contributed by atoms with van der Waals surface area (Å²) in [6, 6.07) is 2.58. The molecule has 10 heteroatoms. The first-order valence-electron chi connectivity index (χ1n) is 11.2. The third kappa shape index (κ3) is 8.10. The van der Waals surface area contributed by atoms with Gasteiger partial charge in [0.15, 0.2) is 5.90 Å². The van der Waals surface area contributed by atoms with Crippen LogP contribution in [0.5, 0.6) is 5.75 Å². The molecule has 0 saturated carbocycles. The van der Waals surface area contributed by atoms with Crippen LogP contribution in [-0.4, -0.2) is 32.2 Å². The van der Waals surface area contributed by atoms with Crippen molar-refractivity contribution in [2.45, 2.75) is 78.8 Å². The number of rotatable bonds is 10. The Morgan fingerprint density at radius 1 is 1.03 bits per heavy atom. The van der Waals surface area contributed by atoms with Gasteiger partial charge in [0.2, 0.25) is 0 Å². The number of nitrogens with zero attached hydrogens (tertiary/aromatic N) is 1. The SMILES string of the molecule is C=C/C(C)=C(/CC)N=C(C)Oc1ccc(C(OCOC)(C(F)(F)F)C(F)(F)F)cc1CCC.CC. The molecule has 0 aliphatic carbocycles. The molecule has 0 bridgehead atoms. The highest BCUT2D eigenvalue weighted by Gasteiger charge is 2.73. The Balaban J connectivity index is 0.00000562. The maximum absolute atomic E-state index is 13.8. The van der Waals surface area contributed by atoms with Crippen LogP contribution in [0.3, 0.4) is 0 Å². The van der Waals surface area contributed by atoms with Crippen molar-refractivity contribution in [1.29, 1.82) is 0 Å². The van der Waals surface area contributed by atoms with Crippen LogP contribution in [0, 0.1) is 0 Å². The fourth-order valence-electron chi connectivity index (χ4n) is 3.18. The van der Waals surface area contributed by atoms with Crippen LogP contribution in [0.4, 0.5) is 26.3 Å². The van der Waals surface area contributed by atoms with Gasteiger partial charge in [-0.15, -0.1) is 0 Å². The molecule has 0 aliphatic heterocycles. The topological polar surface area (TPSA) is 40.0 Å². The number of aliphatic imine (C=N–C) groups is 1. The summed E-state index contributed by atoms with van der Waals surface area (Å²) in [5.41, 5.74) is -4.00. The Kier molecular flexibility index (Phi) is 13.3. The van der Waals surface area contributed by atoms with Crippen molar-refractivity contribution in [1.82, 2.24) is 0 Å². The molecule has 4 nitrogen and oxygen atoms in total. The molecule has 0 aliphatic rings. The Morgan fingerprint density at radius 3 is 2.03 bits per heavy atom. The molecule has 0 N–H and O–H groups in total. The van der Waals surface area contributed by atoms with Crippen molar-refractivity contribution in [3.63, 3.8) is 0 Å². The summed E-state index contributed by atoms with van der Waals surface area (Å²) < 4.78 is 97.4. The van der Waals surface area contributed by atoms with Crippen molar-refractivity contribution in [2.75, 3.05) is 13.9 Å². The van der Waals surface area contributed by atoms with E-state index in [2.05, 4.69) is 21.0 Å². The highest BCUT2D eigenvalue weighted by molar-refractivity contribution is 5.77. The van der Waals surface area contributed by atoms with Crippen LogP contribution in [0.2, 0.25) is 0 Å². The second kappa shape index (κ2) is 14.3. The number of hydrogen-bond donors (Lipinski definition) is 0. The molecule has 0 radical (unpaired) electrons. The molecule has 0 spiro atoms. The number of ether oxygens (including phenoxy) is 3. The van der Waals surface area contributed by atoms with Crippen molar-refractivity contribution in [3.8, 4) is 5.75 Å². The van der Waals surface area contributed by atoms with E-state index in [1.165, 1.54) is 0 Å². The molecule has 1 aromatic rings. The molecule has 200 valence electrons. The highest BCUT2D eigenvalue weighted by atomic mass is 19.4. The standard InChI is InChI=1S/C23H29F6NO3.C2H6/c1-7-10-17-13-18(21(22(24,25)26,23(27,28)29)32-14-31-6)11-12-20(17)33-16(5)30-19(9-3)15(4)8-2;1-2/h8,11-13H,2,7,9-10,14H2,1,3-6H3;1-2H3/b19-15-,30-16?;. The van der Waals surface area contributed by atoms with Crippen molar-refractivity contribution in [3.05, 3.63) is 53.3 Å². The first-order chi connectivity index (χ1) is 16.3. The van der Waals surface area contributed by atoms with Gasteiger partial charge in [0.1, 0.15) is 12.5 Å². The van der Waals surface area contributed by atoms with E-state index in [0.29, 0.717) is 24.6 Å². The van der Waals surface area contributed by atoms with E-state index in [4.69, 9.17) is 4.74 Å². The summed E-state index contributed by atoms with van der Waals surface area (Å²) in [6.45, 7) is 13.5.